The number of rotatable bonds is 2. The highest BCUT2D eigenvalue weighted by atomic mass is 16.6. The average molecular weight is 205 g/mol. The average Bonchev–Trinajstić information content (AvgIpc) is 2.59. The van der Waals surface area contributed by atoms with Gasteiger partial charge in [0, 0.05) is 5.56 Å². The zero-order chi connectivity index (χ0) is 10.8. The van der Waals surface area contributed by atoms with Crippen LogP contribution in [0.3, 0.4) is 0 Å². The Hall–Kier alpha value is -1.84. The van der Waals surface area contributed by atoms with E-state index in [1.54, 1.807) is 26.2 Å². The molecule has 0 spiro atoms. The van der Waals surface area contributed by atoms with Crippen LogP contribution >= 0.6 is 0 Å². The van der Waals surface area contributed by atoms with Gasteiger partial charge in [-0.15, -0.1) is 0 Å². The van der Waals surface area contributed by atoms with E-state index in [4.69, 9.17) is 9.47 Å². The lowest BCUT2D eigenvalue weighted by atomic mass is 10.2. The van der Waals surface area contributed by atoms with Crippen molar-refractivity contribution >= 4 is 11.9 Å². The van der Waals surface area contributed by atoms with Gasteiger partial charge in [-0.1, -0.05) is 0 Å². The van der Waals surface area contributed by atoms with Crippen molar-refractivity contribution in [1.82, 2.24) is 0 Å². The lowest BCUT2D eigenvalue weighted by molar-refractivity contribution is -0.134. The van der Waals surface area contributed by atoms with Crippen molar-refractivity contribution in [3.63, 3.8) is 0 Å². The van der Waals surface area contributed by atoms with Gasteiger partial charge in [-0.25, -0.2) is 9.79 Å². The van der Waals surface area contributed by atoms with E-state index in [1.165, 1.54) is 0 Å². The third-order valence-corrected chi connectivity index (χ3v) is 2.19. The Morgan fingerprint density at radius 2 is 2.00 bits per heavy atom. The van der Waals surface area contributed by atoms with E-state index >= 15 is 0 Å². The highest BCUT2D eigenvalue weighted by molar-refractivity contribution is 6.06. The first-order chi connectivity index (χ1) is 7.20. The predicted octanol–water partition coefficient (Wildman–Crippen LogP) is 1.39. The molecule has 15 heavy (non-hydrogen) atoms. The number of benzene rings is 1. The SMILES string of the molecule is COc1ccc(C2=NC(C)C(=O)O2)cc1. The zero-order valence-electron chi connectivity index (χ0n) is 8.56. The van der Waals surface area contributed by atoms with Crippen molar-refractivity contribution in [2.45, 2.75) is 13.0 Å². The molecule has 0 amide bonds. The van der Waals surface area contributed by atoms with Crippen LogP contribution in [0.25, 0.3) is 0 Å². The van der Waals surface area contributed by atoms with E-state index in [-0.39, 0.29) is 5.97 Å². The lowest BCUT2D eigenvalue weighted by Crippen LogP contribution is -2.10. The fraction of sp³-hybridized carbons (Fsp3) is 0.273. The minimum atomic E-state index is -0.401. The summed E-state index contributed by atoms with van der Waals surface area (Å²) in [4.78, 5) is 15.2. The van der Waals surface area contributed by atoms with E-state index in [9.17, 15) is 4.79 Å². The van der Waals surface area contributed by atoms with Crippen LogP contribution in [0.1, 0.15) is 12.5 Å². The van der Waals surface area contributed by atoms with Crippen LogP contribution in [0.15, 0.2) is 29.3 Å². The molecule has 4 nitrogen and oxygen atoms in total. The molecule has 0 aliphatic carbocycles. The normalized spacial score (nSPS) is 19.7. The molecule has 1 aliphatic heterocycles. The number of methoxy groups -OCH3 is 1. The zero-order valence-corrected chi connectivity index (χ0v) is 8.56. The van der Waals surface area contributed by atoms with Gasteiger partial charge in [0.05, 0.1) is 7.11 Å². The summed E-state index contributed by atoms with van der Waals surface area (Å²) in [5.41, 5.74) is 0.786. The van der Waals surface area contributed by atoms with Crippen molar-refractivity contribution < 1.29 is 14.3 Å². The molecule has 0 saturated carbocycles. The van der Waals surface area contributed by atoms with Crippen LogP contribution in [-0.2, 0) is 9.53 Å². The largest absolute Gasteiger partial charge is 0.497 e. The molecule has 1 heterocycles. The van der Waals surface area contributed by atoms with Crippen LogP contribution < -0.4 is 4.74 Å². The van der Waals surface area contributed by atoms with Crippen molar-refractivity contribution in [3.8, 4) is 5.75 Å². The molecule has 4 heteroatoms. The number of hydrogen-bond acceptors (Lipinski definition) is 4. The summed E-state index contributed by atoms with van der Waals surface area (Å²) in [6, 6.07) is 6.82. The van der Waals surface area contributed by atoms with Gasteiger partial charge in [0.25, 0.3) is 0 Å². The smallest absolute Gasteiger partial charge is 0.337 e. The maximum atomic E-state index is 11.1. The Bertz CT molecular complexity index is 408. The first kappa shape index (κ1) is 9.71. The third-order valence-electron chi connectivity index (χ3n) is 2.19. The monoisotopic (exact) mass is 205 g/mol. The minimum Gasteiger partial charge on any atom is -0.497 e. The maximum Gasteiger partial charge on any atom is 0.337 e. The first-order valence-corrected chi connectivity index (χ1v) is 4.64. The Labute approximate surface area is 87.5 Å². The van der Waals surface area contributed by atoms with Crippen LogP contribution in [0.4, 0.5) is 0 Å². The molecule has 1 unspecified atom stereocenters. The molecule has 2 rings (SSSR count). The molecule has 0 saturated heterocycles. The van der Waals surface area contributed by atoms with E-state index in [1.807, 2.05) is 12.1 Å². The Kier molecular flexibility index (Phi) is 2.41. The first-order valence-electron chi connectivity index (χ1n) is 4.64. The summed E-state index contributed by atoms with van der Waals surface area (Å²) in [5.74, 6) is 0.840. The molecule has 0 N–H and O–H groups in total. The number of carbonyl (C=O) groups excluding carboxylic acids is 1. The van der Waals surface area contributed by atoms with E-state index < -0.39 is 6.04 Å². The molecular weight excluding hydrogens is 194 g/mol. The molecule has 0 bridgehead atoms. The second-order valence-corrected chi connectivity index (χ2v) is 3.26. The fourth-order valence-electron chi connectivity index (χ4n) is 1.30. The molecule has 0 fully saturated rings. The molecule has 1 aromatic carbocycles. The fourth-order valence-corrected chi connectivity index (χ4v) is 1.30. The van der Waals surface area contributed by atoms with Gasteiger partial charge in [0.1, 0.15) is 11.8 Å². The minimum absolute atomic E-state index is 0.305. The number of cyclic esters (lactones) is 1. The Morgan fingerprint density at radius 3 is 2.47 bits per heavy atom. The Morgan fingerprint density at radius 1 is 1.33 bits per heavy atom. The van der Waals surface area contributed by atoms with Gasteiger partial charge < -0.3 is 9.47 Å². The van der Waals surface area contributed by atoms with Crippen molar-refractivity contribution in [2.75, 3.05) is 7.11 Å². The van der Waals surface area contributed by atoms with Crippen LogP contribution in [0.2, 0.25) is 0 Å². The molecule has 1 aliphatic rings. The summed E-state index contributed by atoms with van der Waals surface area (Å²) in [6.07, 6.45) is 0. The number of nitrogens with zero attached hydrogens (tertiary/aromatic N) is 1. The van der Waals surface area contributed by atoms with Gasteiger partial charge in [-0.05, 0) is 31.2 Å². The second-order valence-electron chi connectivity index (χ2n) is 3.26. The number of esters is 1. The van der Waals surface area contributed by atoms with Gasteiger partial charge in [0.15, 0.2) is 0 Å². The highest BCUT2D eigenvalue weighted by Crippen LogP contribution is 2.16. The summed E-state index contributed by atoms with van der Waals surface area (Å²) >= 11 is 0. The third kappa shape index (κ3) is 1.83. The highest BCUT2D eigenvalue weighted by Gasteiger charge is 2.25. The number of hydrogen-bond donors (Lipinski definition) is 0. The van der Waals surface area contributed by atoms with Crippen molar-refractivity contribution in [2.24, 2.45) is 4.99 Å². The second kappa shape index (κ2) is 3.73. The quantitative estimate of drug-likeness (QED) is 0.685. The van der Waals surface area contributed by atoms with E-state index in [0.29, 0.717) is 5.90 Å². The lowest BCUT2D eigenvalue weighted by Gasteiger charge is -2.01. The summed E-state index contributed by atoms with van der Waals surface area (Å²) in [7, 11) is 1.60. The maximum absolute atomic E-state index is 11.1. The standard InChI is InChI=1S/C11H11NO3/c1-7-11(13)15-10(12-7)8-3-5-9(14-2)6-4-8/h3-7H,1-2H3. The van der Waals surface area contributed by atoms with Crippen molar-refractivity contribution in [1.29, 1.82) is 0 Å². The number of aliphatic imine (C=N–C) groups is 1. The molecular formula is C11H11NO3. The molecule has 0 radical (unpaired) electrons. The number of carbonyl (C=O) groups is 1. The van der Waals surface area contributed by atoms with Gasteiger partial charge in [0.2, 0.25) is 5.90 Å². The van der Waals surface area contributed by atoms with Gasteiger partial charge in [-0.2, -0.15) is 0 Å². The van der Waals surface area contributed by atoms with E-state index in [0.717, 1.165) is 11.3 Å². The topological polar surface area (TPSA) is 47.9 Å². The van der Waals surface area contributed by atoms with Gasteiger partial charge in [-0.3, -0.25) is 0 Å². The van der Waals surface area contributed by atoms with Crippen LogP contribution in [0.5, 0.6) is 5.75 Å². The summed E-state index contributed by atoms with van der Waals surface area (Å²) in [5, 5.41) is 0. The van der Waals surface area contributed by atoms with Crippen LogP contribution in [0, 0.1) is 0 Å². The molecule has 1 aromatic rings. The Balaban J connectivity index is 2.24. The summed E-state index contributed by atoms with van der Waals surface area (Å²) in [6.45, 7) is 1.71. The number of ether oxygens (including phenoxy) is 2. The van der Waals surface area contributed by atoms with E-state index in [2.05, 4.69) is 4.99 Å². The molecule has 0 aromatic heterocycles. The van der Waals surface area contributed by atoms with Gasteiger partial charge >= 0.3 is 5.97 Å². The summed E-state index contributed by atoms with van der Waals surface area (Å²) < 4.78 is 10.0. The molecule has 78 valence electrons. The predicted molar refractivity (Wildman–Crippen MR) is 55.1 cm³/mol. The molecule has 1 atom stereocenters. The van der Waals surface area contributed by atoms with Crippen LogP contribution in [-0.4, -0.2) is 25.0 Å². The van der Waals surface area contributed by atoms with Crippen molar-refractivity contribution in [3.05, 3.63) is 29.8 Å².